The third kappa shape index (κ3) is 6.06. The van der Waals surface area contributed by atoms with Crippen molar-refractivity contribution in [1.82, 2.24) is 10.6 Å². The Balaban J connectivity index is 4.31. The van der Waals surface area contributed by atoms with Gasteiger partial charge in [-0.1, -0.05) is 27.7 Å². The van der Waals surface area contributed by atoms with Crippen LogP contribution in [0.15, 0.2) is 0 Å². The molecule has 2 atom stereocenters. The number of amides is 1. The van der Waals surface area contributed by atoms with Gasteiger partial charge >= 0.3 is 0 Å². The van der Waals surface area contributed by atoms with Gasteiger partial charge in [0, 0.05) is 11.6 Å². The third-order valence-corrected chi connectivity index (χ3v) is 3.45. The minimum atomic E-state index is -0.131. The SMILES string of the molecule is CCC(NC(C)C(=O)NC(C)(C)CC)C(C)C. The Hall–Kier alpha value is -0.570. The lowest BCUT2D eigenvalue weighted by Gasteiger charge is -2.29. The molecule has 2 N–H and O–H groups in total. The number of hydrogen-bond acceptors (Lipinski definition) is 2. The summed E-state index contributed by atoms with van der Waals surface area (Å²) in [5.41, 5.74) is -0.118. The maximum absolute atomic E-state index is 12.0. The molecule has 0 aromatic heterocycles. The van der Waals surface area contributed by atoms with E-state index in [0.717, 1.165) is 12.8 Å². The summed E-state index contributed by atoms with van der Waals surface area (Å²) in [4.78, 5) is 12.0. The highest BCUT2D eigenvalue weighted by molar-refractivity contribution is 5.82. The lowest BCUT2D eigenvalue weighted by molar-refractivity contribution is -0.124. The standard InChI is InChI=1S/C14H30N2O/c1-8-12(10(3)4)15-11(5)13(17)16-14(6,7)9-2/h10-12,15H,8-9H2,1-7H3,(H,16,17). The van der Waals surface area contributed by atoms with Gasteiger partial charge in [-0.25, -0.2) is 0 Å². The Labute approximate surface area is 107 Å². The van der Waals surface area contributed by atoms with Gasteiger partial charge in [-0.15, -0.1) is 0 Å². The molecule has 0 saturated carbocycles. The molecule has 0 fully saturated rings. The van der Waals surface area contributed by atoms with E-state index in [-0.39, 0.29) is 17.5 Å². The zero-order valence-corrected chi connectivity index (χ0v) is 12.6. The summed E-state index contributed by atoms with van der Waals surface area (Å²) in [5.74, 6) is 0.644. The molecule has 0 aromatic rings. The molecular formula is C14H30N2O. The highest BCUT2D eigenvalue weighted by Crippen LogP contribution is 2.09. The molecule has 1 amide bonds. The largest absolute Gasteiger partial charge is 0.350 e. The van der Waals surface area contributed by atoms with Crippen molar-refractivity contribution < 1.29 is 4.79 Å². The van der Waals surface area contributed by atoms with Gasteiger partial charge in [0.2, 0.25) is 5.91 Å². The summed E-state index contributed by atoms with van der Waals surface area (Å²) in [6.07, 6.45) is 1.99. The van der Waals surface area contributed by atoms with Crippen molar-refractivity contribution in [2.45, 2.75) is 78.9 Å². The van der Waals surface area contributed by atoms with E-state index in [1.54, 1.807) is 0 Å². The number of rotatable bonds is 7. The van der Waals surface area contributed by atoms with Crippen molar-refractivity contribution >= 4 is 5.91 Å². The van der Waals surface area contributed by atoms with Gasteiger partial charge in [-0.3, -0.25) is 4.79 Å². The second-order valence-electron chi connectivity index (χ2n) is 5.87. The van der Waals surface area contributed by atoms with Crippen molar-refractivity contribution in [3.63, 3.8) is 0 Å². The molecule has 0 spiro atoms. The average molecular weight is 242 g/mol. The average Bonchev–Trinajstić information content (AvgIpc) is 2.24. The maximum Gasteiger partial charge on any atom is 0.237 e. The van der Waals surface area contributed by atoms with Crippen molar-refractivity contribution in [1.29, 1.82) is 0 Å². The van der Waals surface area contributed by atoms with Gasteiger partial charge in [0.05, 0.1) is 6.04 Å². The van der Waals surface area contributed by atoms with Crippen LogP contribution in [0.4, 0.5) is 0 Å². The zero-order chi connectivity index (χ0) is 13.6. The van der Waals surface area contributed by atoms with Crippen molar-refractivity contribution in [3.05, 3.63) is 0 Å². The van der Waals surface area contributed by atoms with E-state index in [9.17, 15) is 4.79 Å². The monoisotopic (exact) mass is 242 g/mol. The van der Waals surface area contributed by atoms with Crippen LogP contribution in [-0.4, -0.2) is 23.5 Å². The molecule has 0 aliphatic rings. The van der Waals surface area contributed by atoms with Crippen molar-refractivity contribution in [3.8, 4) is 0 Å². The Morgan fingerprint density at radius 1 is 1.18 bits per heavy atom. The van der Waals surface area contributed by atoms with Crippen LogP contribution in [0.2, 0.25) is 0 Å². The van der Waals surface area contributed by atoms with Crippen LogP contribution in [0.25, 0.3) is 0 Å². The van der Waals surface area contributed by atoms with Crippen LogP contribution in [-0.2, 0) is 4.79 Å². The smallest absolute Gasteiger partial charge is 0.237 e. The molecule has 0 saturated heterocycles. The van der Waals surface area contributed by atoms with Gasteiger partial charge in [-0.05, 0) is 39.5 Å². The van der Waals surface area contributed by atoms with Crippen LogP contribution in [0, 0.1) is 5.92 Å². The van der Waals surface area contributed by atoms with E-state index in [1.165, 1.54) is 0 Å². The van der Waals surface area contributed by atoms with Crippen LogP contribution >= 0.6 is 0 Å². The first kappa shape index (κ1) is 16.4. The van der Waals surface area contributed by atoms with E-state index in [2.05, 4.69) is 52.2 Å². The lowest BCUT2D eigenvalue weighted by Crippen LogP contribution is -2.53. The molecule has 0 aromatic carbocycles. The summed E-state index contributed by atoms with van der Waals surface area (Å²) in [6.45, 7) is 14.6. The topological polar surface area (TPSA) is 41.1 Å². The number of hydrogen-bond donors (Lipinski definition) is 2. The Morgan fingerprint density at radius 2 is 1.71 bits per heavy atom. The van der Waals surface area contributed by atoms with Gasteiger partial charge in [-0.2, -0.15) is 0 Å². The molecule has 0 rings (SSSR count). The van der Waals surface area contributed by atoms with E-state index in [1.807, 2.05) is 6.92 Å². The number of nitrogens with one attached hydrogen (secondary N) is 2. The fraction of sp³-hybridized carbons (Fsp3) is 0.929. The zero-order valence-electron chi connectivity index (χ0n) is 12.6. The van der Waals surface area contributed by atoms with Crippen LogP contribution < -0.4 is 10.6 Å². The summed E-state index contributed by atoms with van der Waals surface area (Å²) >= 11 is 0. The summed E-state index contributed by atoms with van der Waals surface area (Å²) in [5, 5.41) is 6.47. The van der Waals surface area contributed by atoms with E-state index < -0.39 is 0 Å². The molecule has 0 heterocycles. The van der Waals surface area contributed by atoms with Gasteiger partial charge in [0.1, 0.15) is 0 Å². The first-order chi connectivity index (χ1) is 7.73. The van der Waals surface area contributed by atoms with Gasteiger partial charge in [0.15, 0.2) is 0 Å². The fourth-order valence-electron chi connectivity index (χ4n) is 1.71. The van der Waals surface area contributed by atoms with Gasteiger partial charge < -0.3 is 10.6 Å². The Morgan fingerprint density at radius 3 is 2.06 bits per heavy atom. The highest BCUT2D eigenvalue weighted by atomic mass is 16.2. The predicted octanol–water partition coefficient (Wildman–Crippen LogP) is 2.70. The fourth-order valence-corrected chi connectivity index (χ4v) is 1.71. The molecule has 0 bridgehead atoms. The minimum Gasteiger partial charge on any atom is -0.350 e. The molecule has 3 heteroatoms. The lowest BCUT2D eigenvalue weighted by atomic mass is 9.99. The second-order valence-corrected chi connectivity index (χ2v) is 5.87. The summed E-state index contributed by atoms with van der Waals surface area (Å²) in [6, 6.07) is 0.272. The minimum absolute atomic E-state index is 0.0935. The van der Waals surface area contributed by atoms with Crippen LogP contribution in [0.5, 0.6) is 0 Å². The molecule has 0 aliphatic heterocycles. The maximum atomic E-state index is 12.0. The highest BCUT2D eigenvalue weighted by Gasteiger charge is 2.23. The van der Waals surface area contributed by atoms with Crippen LogP contribution in [0.1, 0.15) is 61.3 Å². The number of carbonyl (C=O) groups is 1. The molecule has 0 radical (unpaired) electrons. The van der Waals surface area contributed by atoms with Gasteiger partial charge in [0.25, 0.3) is 0 Å². The van der Waals surface area contributed by atoms with E-state index in [0.29, 0.717) is 12.0 Å². The predicted molar refractivity (Wildman–Crippen MR) is 74.0 cm³/mol. The van der Waals surface area contributed by atoms with E-state index >= 15 is 0 Å². The summed E-state index contributed by atoms with van der Waals surface area (Å²) in [7, 11) is 0. The van der Waals surface area contributed by atoms with Crippen LogP contribution in [0.3, 0.4) is 0 Å². The second kappa shape index (κ2) is 7.00. The molecule has 17 heavy (non-hydrogen) atoms. The Bertz CT molecular complexity index is 236. The summed E-state index contributed by atoms with van der Waals surface area (Å²) < 4.78 is 0. The Kier molecular flexibility index (Phi) is 6.76. The van der Waals surface area contributed by atoms with E-state index in [4.69, 9.17) is 0 Å². The molecular weight excluding hydrogens is 212 g/mol. The quantitative estimate of drug-likeness (QED) is 0.720. The molecule has 3 nitrogen and oxygen atoms in total. The number of carbonyl (C=O) groups excluding carboxylic acids is 1. The molecule has 2 unspecified atom stereocenters. The third-order valence-electron chi connectivity index (χ3n) is 3.45. The van der Waals surface area contributed by atoms with Crippen molar-refractivity contribution in [2.75, 3.05) is 0 Å². The normalized spacial score (nSPS) is 15.8. The first-order valence-corrected chi connectivity index (χ1v) is 6.81. The molecule has 0 aliphatic carbocycles. The van der Waals surface area contributed by atoms with Crippen molar-refractivity contribution in [2.24, 2.45) is 5.92 Å². The molecule has 102 valence electrons. The first-order valence-electron chi connectivity index (χ1n) is 6.81.